The SMILES string of the molecule is CC(C)(C)OC(=O)NC[C@@H]1CCC[C@H]1CC(=O)O. The van der Waals surface area contributed by atoms with Crippen molar-refractivity contribution in [3.05, 3.63) is 0 Å². The summed E-state index contributed by atoms with van der Waals surface area (Å²) in [4.78, 5) is 22.2. The summed E-state index contributed by atoms with van der Waals surface area (Å²) in [5.74, 6) is -0.324. The third kappa shape index (κ3) is 5.38. The van der Waals surface area contributed by atoms with Gasteiger partial charge in [0.05, 0.1) is 0 Å². The highest BCUT2D eigenvalue weighted by molar-refractivity contribution is 5.68. The lowest BCUT2D eigenvalue weighted by molar-refractivity contribution is -0.138. The summed E-state index contributed by atoms with van der Waals surface area (Å²) in [5.41, 5.74) is -0.500. The molecule has 0 spiro atoms. The number of ether oxygens (including phenoxy) is 1. The maximum atomic E-state index is 11.5. The highest BCUT2D eigenvalue weighted by Crippen LogP contribution is 2.33. The van der Waals surface area contributed by atoms with E-state index in [1.165, 1.54) is 0 Å². The molecule has 0 aromatic heterocycles. The Morgan fingerprint density at radius 1 is 1.28 bits per heavy atom. The molecule has 18 heavy (non-hydrogen) atoms. The van der Waals surface area contributed by atoms with Crippen LogP contribution in [-0.4, -0.2) is 29.3 Å². The average Bonchev–Trinajstić information content (AvgIpc) is 2.58. The number of carbonyl (C=O) groups is 2. The Kier molecular flexibility index (Phi) is 4.99. The molecule has 1 rings (SSSR count). The van der Waals surface area contributed by atoms with Crippen LogP contribution in [0.15, 0.2) is 0 Å². The van der Waals surface area contributed by atoms with Crippen molar-refractivity contribution >= 4 is 12.1 Å². The second kappa shape index (κ2) is 6.07. The second-order valence-corrected chi connectivity index (χ2v) is 5.93. The molecule has 0 bridgehead atoms. The summed E-state index contributed by atoms with van der Waals surface area (Å²) in [7, 11) is 0. The van der Waals surface area contributed by atoms with E-state index < -0.39 is 17.7 Å². The van der Waals surface area contributed by atoms with Gasteiger partial charge in [0.2, 0.25) is 0 Å². The van der Waals surface area contributed by atoms with Crippen molar-refractivity contribution < 1.29 is 19.4 Å². The number of hydrogen-bond acceptors (Lipinski definition) is 3. The van der Waals surface area contributed by atoms with Gasteiger partial charge >= 0.3 is 12.1 Å². The van der Waals surface area contributed by atoms with Crippen LogP contribution in [-0.2, 0) is 9.53 Å². The number of carbonyl (C=O) groups excluding carboxylic acids is 1. The Hall–Kier alpha value is -1.26. The molecule has 2 N–H and O–H groups in total. The maximum Gasteiger partial charge on any atom is 0.407 e. The summed E-state index contributed by atoms with van der Waals surface area (Å²) < 4.78 is 5.15. The van der Waals surface area contributed by atoms with Crippen LogP contribution in [0.1, 0.15) is 46.5 Å². The van der Waals surface area contributed by atoms with E-state index >= 15 is 0 Å². The predicted molar refractivity (Wildman–Crippen MR) is 67.3 cm³/mol. The minimum atomic E-state index is -0.760. The van der Waals surface area contributed by atoms with Gasteiger partial charge in [0, 0.05) is 13.0 Å². The normalized spacial score (nSPS) is 23.7. The molecule has 0 aromatic rings. The van der Waals surface area contributed by atoms with E-state index in [0.29, 0.717) is 6.54 Å². The van der Waals surface area contributed by atoms with Crippen LogP contribution in [0.4, 0.5) is 4.79 Å². The van der Waals surface area contributed by atoms with Crippen LogP contribution in [0.2, 0.25) is 0 Å². The lowest BCUT2D eigenvalue weighted by atomic mass is 9.93. The van der Waals surface area contributed by atoms with Gasteiger partial charge in [0.1, 0.15) is 5.60 Å². The van der Waals surface area contributed by atoms with Crippen LogP contribution < -0.4 is 5.32 Å². The molecule has 1 amide bonds. The van der Waals surface area contributed by atoms with Gasteiger partial charge < -0.3 is 15.2 Å². The zero-order chi connectivity index (χ0) is 13.8. The number of carboxylic acids is 1. The number of aliphatic carboxylic acids is 1. The highest BCUT2D eigenvalue weighted by atomic mass is 16.6. The molecule has 0 saturated heterocycles. The molecule has 0 aromatic carbocycles. The second-order valence-electron chi connectivity index (χ2n) is 5.93. The first-order valence-electron chi connectivity index (χ1n) is 6.46. The van der Waals surface area contributed by atoms with E-state index in [1.807, 2.05) is 20.8 Å². The predicted octanol–water partition coefficient (Wildman–Crippen LogP) is 2.40. The minimum absolute atomic E-state index is 0.178. The first kappa shape index (κ1) is 14.8. The van der Waals surface area contributed by atoms with Crippen molar-refractivity contribution in [1.29, 1.82) is 0 Å². The lowest BCUT2D eigenvalue weighted by Crippen LogP contribution is -2.36. The van der Waals surface area contributed by atoms with Crippen LogP contribution >= 0.6 is 0 Å². The van der Waals surface area contributed by atoms with Crippen molar-refractivity contribution in [2.24, 2.45) is 11.8 Å². The standard InChI is InChI=1S/C13H23NO4/c1-13(2,3)18-12(17)14-8-10-6-4-5-9(10)7-11(15)16/h9-10H,4-8H2,1-3H3,(H,14,17)(H,15,16)/t9-,10-/m0/s1. The Morgan fingerprint density at radius 2 is 1.89 bits per heavy atom. The number of alkyl carbamates (subject to hydrolysis) is 1. The van der Waals surface area contributed by atoms with Gasteiger partial charge in [-0.1, -0.05) is 6.42 Å². The summed E-state index contributed by atoms with van der Waals surface area (Å²) in [6, 6.07) is 0. The van der Waals surface area contributed by atoms with E-state index in [4.69, 9.17) is 9.84 Å². The van der Waals surface area contributed by atoms with Crippen LogP contribution in [0.5, 0.6) is 0 Å². The summed E-state index contributed by atoms with van der Waals surface area (Å²) in [6.07, 6.45) is 2.73. The summed E-state index contributed by atoms with van der Waals surface area (Å²) in [5, 5.41) is 11.5. The van der Waals surface area contributed by atoms with Gasteiger partial charge in [-0.05, 0) is 45.4 Å². The van der Waals surface area contributed by atoms with Crippen molar-refractivity contribution in [3.8, 4) is 0 Å². The van der Waals surface area contributed by atoms with E-state index in [0.717, 1.165) is 19.3 Å². The maximum absolute atomic E-state index is 11.5. The fraction of sp³-hybridized carbons (Fsp3) is 0.846. The quantitative estimate of drug-likeness (QED) is 0.811. The van der Waals surface area contributed by atoms with Gasteiger partial charge in [0.25, 0.3) is 0 Å². The lowest BCUT2D eigenvalue weighted by Gasteiger charge is -2.22. The number of amides is 1. The largest absolute Gasteiger partial charge is 0.481 e. The Labute approximate surface area is 108 Å². The summed E-state index contributed by atoms with van der Waals surface area (Å²) >= 11 is 0. The molecule has 0 unspecified atom stereocenters. The van der Waals surface area contributed by atoms with Crippen LogP contribution in [0.25, 0.3) is 0 Å². The van der Waals surface area contributed by atoms with Crippen LogP contribution in [0, 0.1) is 11.8 Å². The molecule has 1 fully saturated rings. The minimum Gasteiger partial charge on any atom is -0.481 e. The first-order valence-corrected chi connectivity index (χ1v) is 6.46. The molecule has 0 heterocycles. The van der Waals surface area contributed by atoms with Crippen LogP contribution in [0.3, 0.4) is 0 Å². The van der Waals surface area contributed by atoms with Gasteiger partial charge in [-0.3, -0.25) is 4.79 Å². The number of hydrogen-bond donors (Lipinski definition) is 2. The Morgan fingerprint density at radius 3 is 2.44 bits per heavy atom. The van der Waals surface area contributed by atoms with Gasteiger partial charge in [0.15, 0.2) is 0 Å². The van der Waals surface area contributed by atoms with Gasteiger partial charge in [-0.15, -0.1) is 0 Å². The van der Waals surface area contributed by atoms with E-state index in [2.05, 4.69) is 5.32 Å². The Bertz CT molecular complexity index is 309. The van der Waals surface area contributed by atoms with E-state index in [-0.39, 0.29) is 18.3 Å². The fourth-order valence-corrected chi connectivity index (χ4v) is 2.40. The zero-order valence-electron chi connectivity index (χ0n) is 11.4. The number of rotatable bonds is 4. The van der Waals surface area contributed by atoms with Gasteiger partial charge in [-0.2, -0.15) is 0 Å². The monoisotopic (exact) mass is 257 g/mol. The fourth-order valence-electron chi connectivity index (χ4n) is 2.40. The molecule has 1 saturated carbocycles. The molecular weight excluding hydrogens is 234 g/mol. The topological polar surface area (TPSA) is 75.6 Å². The average molecular weight is 257 g/mol. The Balaban J connectivity index is 2.34. The molecule has 0 aliphatic heterocycles. The van der Waals surface area contributed by atoms with E-state index in [1.54, 1.807) is 0 Å². The van der Waals surface area contributed by atoms with Crippen molar-refractivity contribution in [3.63, 3.8) is 0 Å². The third-order valence-corrected chi connectivity index (χ3v) is 3.16. The molecule has 104 valence electrons. The molecule has 5 nitrogen and oxygen atoms in total. The van der Waals surface area contributed by atoms with E-state index in [9.17, 15) is 9.59 Å². The van der Waals surface area contributed by atoms with Crippen molar-refractivity contribution in [2.75, 3.05) is 6.54 Å². The van der Waals surface area contributed by atoms with Crippen molar-refractivity contribution in [1.82, 2.24) is 5.32 Å². The molecule has 2 atom stereocenters. The third-order valence-electron chi connectivity index (χ3n) is 3.16. The molecular formula is C13H23NO4. The number of nitrogens with one attached hydrogen (secondary N) is 1. The number of carboxylic acid groups (broad SMARTS) is 1. The molecule has 5 heteroatoms. The van der Waals surface area contributed by atoms with Gasteiger partial charge in [-0.25, -0.2) is 4.79 Å². The smallest absolute Gasteiger partial charge is 0.407 e. The molecule has 1 aliphatic rings. The molecule has 0 radical (unpaired) electrons. The molecule has 1 aliphatic carbocycles. The first-order chi connectivity index (χ1) is 8.28. The zero-order valence-corrected chi connectivity index (χ0v) is 11.4. The van der Waals surface area contributed by atoms with Crippen molar-refractivity contribution in [2.45, 2.75) is 52.1 Å². The summed E-state index contributed by atoms with van der Waals surface area (Å²) in [6.45, 7) is 5.95. The highest BCUT2D eigenvalue weighted by Gasteiger charge is 2.29.